The van der Waals surface area contributed by atoms with Crippen molar-refractivity contribution in [3.8, 4) is 0 Å². The van der Waals surface area contributed by atoms with E-state index in [2.05, 4.69) is 20.8 Å². The van der Waals surface area contributed by atoms with E-state index in [-0.39, 0.29) is 5.82 Å². The maximum Gasteiger partial charge on any atom is 0.137 e. The van der Waals surface area contributed by atoms with E-state index in [0.717, 1.165) is 38.0 Å². The van der Waals surface area contributed by atoms with Crippen LogP contribution in [0.4, 0.5) is 4.39 Å². The van der Waals surface area contributed by atoms with E-state index in [1.807, 2.05) is 19.1 Å². The molecule has 1 saturated heterocycles. The van der Waals surface area contributed by atoms with Gasteiger partial charge in [-0.05, 0) is 53.4 Å². The Balaban J connectivity index is 1.95. The number of piperidine rings is 1. The second-order valence-electron chi connectivity index (χ2n) is 5.02. The summed E-state index contributed by atoms with van der Waals surface area (Å²) in [6.45, 7) is 4.48. The average molecular weight is 302 g/mol. The molecule has 0 aliphatic carbocycles. The highest BCUT2D eigenvalue weighted by Gasteiger charge is 2.27. The van der Waals surface area contributed by atoms with Gasteiger partial charge in [0, 0.05) is 19.6 Å². The fourth-order valence-electron chi connectivity index (χ4n) is 2.09. The van der Waals surface area contributed by atoms with E-state index >= 15 is 0 Å². The summed E-state index contributed by atoms with van der Waals surface area (Å²) in [5.74, 6) is -0.227. The molecule has 0 radical (unpaired) electrons. The molecule has 4 heteroatoms. The fraction of sp³-hybridized carbons (Fsp3) is 0.538. The Morgan fingerprint density at radius 2 is 2.06 bits per heavy atom. The standard InChI is InChI=1S/C13H17BrFNO/c1-13(17)4-6-16(7-5-13)9-10-2-3-12(15)11(14)8-10/h2-3,8,17H,4-7,9H2,1H3. The van der Waals surface area contributed by atoms with Crippen molar-refractivity contribution >= 4 is 15.9 Å². The maximum atomic E-state index is 13.1. The van der Waals surface area contributed by atoms with Crippen LogP contribution in [0, 0.1) is 5.82 Å². The van der Waals surface area contributed by atoms with Gasteiger partial charge in [0.05, 0.1) is 10.1 Å². The third-order valence-corrected chi connectivity index (χ3v) is 3.93. The van der Waals surface area contributed by atoms with Crippen molar-refractivity contribution in [1.29, 1.82) is 0 Å². The first-order chi connectivity index (χ1) is 7.96. The molecule has 2 nitrogen and oxygen atoms in total. The number of likely N-dealkylation sites (tertiary alicyclic amines) is 1. The van der Waals surface area contributed by atoms with Crippen LogP contribution in [-0.4, -0.2) is 28.7 Å². The van der Waals surface area contributed by atoms with Gasteiger partial charge < -0.3 is 5.11 Å². The molecule has 94 valence electrons. The van der Waals surface area contributed by atoms with Crippen LogP contribution in [0.5, 0.6) is 0 Å². The summed E-state index contributed by atoms with van der Waals surface area (Å²) in [6.07, 6.45) is 1.60. The highest BCUT2D eigenvalue weighted by molar-refractivity contribution is 9.10. The lowest BCUT2D eigenvalue weighted by molar-refractivity contribution is -0.00730. The van der Waals surface area contributed by atoms with Crippen molar-refractivity contribution in [3.05, 3.63) is 34.1 Å². The van der Waals surface area contributed by atoms with Crippen LogP contribution >= 0.6 is 15.9 Å². The van der Waals surface area contributed by atoms with E-state index in [1.54, 1.807) is 0 Å². The molecule has 0 aromatic heterocycles. The average Bonchev–Trinajstić information content (AvgIpc) is 2.27. The summed E-state index contributed by atoms with van der Waals surface area (Å²) in [5, 5.41) is 9.86. The van der Waals surface area contributed by atoms with Crippen LogP contribution in [0.3, 0.4) is 0 Å². The van der Waals surface area contributed by atoms with Crippen LogP contribution in [0.15, 0.2) is 22.7 Å². The predicted molar refractivity (Wildman–Crippen MR) is 69.2 cm³/mol. The van der Waals surface area contributed by atoms with Gasteiger partial charge in [-0.3, -0.25) is 4.90 Å². The minimum absolute atomic E-state index is 0.227. The minimum Gasteiger partial charge on any atom is -0.390 e. The summed E-state index contributed by atoms with van der Waals surface area (Å²) in [6, 6.07) is 5.12. The monoisotopic (exact) mass is 301 g/mol. The van der Waals surface area contributed by atoms with E-state index in [0.29, 0.717) is 4.47 Å². The zero-order valence-corrected chi connectivity index (χ0v) is 11.5. The fourth-order valence-corrected chi connectivity index (χ4v) is 2.52. The largest absolute Gasteiger partial charge is 0.390 e. The Morgan fingerprint density at radius 3 is 2.65 bits per heavy atom. The van der Waals surface area contributed by atoms with Gasteiger partial charge in [-0.2, -0.15) is 0 Å². The second-order valence-corrected chi connectivity index (χ2v) is 5.88. The first kappa shape index (κ1) is 13.0. The first-order valence-electron chi connectivity index (χ1n) is 5.85. The van der Waals surface area contributed by atoms with Gasteiger partial charge >= 0.3 is 0 Å². The number of hydrogen-bond acceptors (Lipinski definition) is 2. The molecule has 0 amide bonds. The lowest BCUT2D eigenvalue weighted by atomic mass is 9.93. The molecule has 0 atom stereocenters. The molecule has 0 spiro atoms. The molecule has 1 aliphatic heterocycles. The van der Waals surface area contributed by atoms with Gasteiger partial charge in [0.2, 0.25) is 0 Å². The Bertz CT molecular complexity index is 398. The maximum absolute atomic E-state index is 13.1. The van der Waals surface area contributed by atoms with Crippen molar-refractivity contribution in [2.75, 3.05) is 13.1 Å². The van der Waals surface area contributed by atoms with Gasteiger partial charge in [0.1, 0.15) is 5.82 Å². The van der Waals surface area contributed by atoms with Gasteiger partial charge in [-0.1, -0.05) is 6.07 Å². The topological polar surface area (TPSA) is 23.5 Å². The zero-order chi connectivity index (χ0) is 12.5. The van der Waals surface area contributed by atoms with Gasteiger partial charge in [0.15, 0.2) is 0 Å². The van der Waals surface area contributed by atoms with Crippen LogP contribution in [0.1, 0.15) is 25.3 Å². The SMILES string of the molecule is CC1(O)CCN(Cc2ccc(F)c(Br)c2)CC1. The van der Waals surface area contributed by atoms with Crippen molar-refractivity contribution in [1.82, 2.24) is 4.90 Å². The highest BCUT2D eigenvalue weighted by atomic mass is 79.9. The molecular formula is C13H17BrFNO. The Hall–Kier alpha value is -0.450. The van der Waals surface area contributed by atoms with Gasteiger partial charge in [-0.15, -0.1) is 0 Å². The lowest BCUT2D eigenvalue weighted by Gasteiger charge is -2.35. The zero-order valence-electron chi connectivity index (χ0n) is 9.92. The van der Waals surface area contributed by atoms with Crippen LogP contribution in [-0.2, 0) is 6.54 Å². The number of benzene rings is 1. The van der Waals surface area contributed by atoms with Crippen molar-refractivity contribution in [2.24, 2.45) is 0 Å². The molecule has 1 fully saturated rings. The Kier molecular flexibility index (Phi) is 3.85. The smallest absolute Gasteiger partial charge is 0.137 e. The summed E-state index contributed by atoms with van der Waals surface area (Å²) >= 11 is 3.20. The Morgan fingerprint density at radius 1 is 1.41 bits per heavy atom. The van der Waals surface area contributed by atoms with E-state index < -0.39 is 5.60 Å². The molecule has 1 aliphatic rings. The van der Waals surface area contributed by atoms with Crippen molar-refractivity contribution in [3.63, 3.8) is 0 Å². The van der Waals surface area contributed by atoms with Crippen LogP contribution in [0.2, 0.25) is 0 Å². The predicted octanol–water partition coefficient (Wildman–Crippen LogP) is 2.94. The first-order valence-corrected chi connectivity index (χ1v) is 6.64. The molecule has 0 bridgehead atoms. The molecule has 0 unspecified atom stereocenters. The number of hydrogen-bond donors (Lipinski definition) is 1. The quantitative estimate of drug-likeness (QED) is 0.908. The molecule has 1 aromatic carbocycles. The molecule has 0 saturated carbocycles. The van der Waals surface area contributed by atoms with Crippen molar-refractivity contribution in [2.45, 2.75) is 31.9 Å². The number of rotatable bonds is 2. The molecule has 1 heterocycles. The Labute approximate surface area is 110 Å². The molecule has 17 heavy (non-hydrogen) atoms. The molecule has 1 aromatic rings. The summed E-state index contributed by atoms with van der Waals surface area (Å²) in [7, 11) is 0. The third kappa shape index (κ3) is 3.50. The van der Waals surface area contributed by atoms with E-state index in [1.165, 1.54) is 6.07 Å². The normalized spacial score (nSPS) is 20.5. The van der Waals surface area contributed by atoms with E-state index in [4.69, 9.17) is 0 Å². The van der Waals surface area contributed by atoms with Crippen molar-refractivity contribution < 1.29 is 9.50 Å². The van der Waals surface area contributed by atoms with Crippen LogP contribution in [0.25, 0.3) is 0 Å². The molecule has 1 N–H and O–H groups in total. The van der Waals surface area contributed by atoms with Gasteiger partial charge in [-0.25, -0.2) is 4.39 Å². The summed E-state index contributed by atoms with van der Waals surface area (Å²) < 4.78 is 13.6. The summed E-state index contributed by atoms with van der Waals surface area (Å²) in [4.78, 5) is 2.29. The molecular weight excluding hydrogens is 285 g/mol. The highest BCUT2D eigenvalue weighted by Crippen LogP contribution is 2.23. The number of nitrogens with zero attached hydrogens (tertiary/aromatic N) is 1. The van der Waals surface area contributed by atoms with Crippen LogP contribution < -0.4 is 0 Å². The third-order valence-electron chi connectivity index (χ3n) is 3.32. The number of aliphatic hydroxyl groups is 1. The number of halogens is 2. The van der Waals surface area contributed by atoms with Gasteiger partial charge in [0.25, 0.3) is 0 Å². The molecule has 2 rings (SSSR count). The minimum atomic E-state index is -0.514. The van der Waals surface area contributed by atoms with E-state index in [9.17, 15) is 9.50 Å². The second kappa shape index (κ2) is 5.04. The summed E-state index contributed by atoms with van der Waals surface area (Å²) in [5.41, 5.74) is 0.583. The lowest BCUT2D eigenvalue weighted by Crippen LogP contribution is -2.41.